The summed E-state index contributed by atoms with van der Waals surface area (Å²) in [5, 5.41) is 3.01. The van der Waals surface area contributed by atoms with Crippen molar-refractivity contribution in [2.24, 2.45) is 5.73 Å². The lowest BCUT2D eigenvalue weighted by Gasteiger charge is -2.35. The van der Waals surface area contributed by atoms with Gasteiger partial charge in [0.2, 0.25) is 5.91 Å². The summed E-state index contributed by atoms with van der Waals surface area (Å²) in [5.74, 6) is 0.0761. The van der Waals surface area contributed by atoms with E-state index in [0.29, 0.717) is 19.1 Å². The number of halogens is 1. The van der Waals surface area contributed by atoms with Crippen LogP contribution in [0.15, 0.2) is 24.3 Å². The number of nitrogens with two attached hydrogens (primary N) is 1. The second-order valence-electron chi connectivity index (χ2n) is 5.80. The van der Waals surface area contributed by atoms with E-state index in [-0.39, 0.29) is 18.3 Å². The van der Waals surface area contributed by atoms with E-state index in [1.807, 2.05) is 18.2 Å². The minimum atomic E-state index is 0. The summed E-state index contributed by atoms with van der Waals surface area (Å²) in [5.41, 5.74) is 7.82. The Morgan fingerprint density at radius 1 is 1.41 bits per heavy atom. The number of hydrogen-bond acceptors (Lipinski definition) is 3. The first-order valence-electron chi connectivity index (χ1n) is 8.06. The average molecular weight is 326 g/mol. The zero-order valence-electron chi connectivity index (χ0n) is 13.4. The number of likely N-dealkylation sites (tertiary alicyclic amines) is 1. The highest BCUT2D eigenvalue weighted by atomic mass is 35.5. The van der Waals surface area contributed by atoms with Gasteiger partial charge in [0.15, 0.2) is 0 Å². The lowest BCUT2D eigenvalue weighted by Crippen LogP contribution is -2.44. The smallest absolute Gasteiger partial charge is 0.238 e. The molecule has 0 radical (unpaired) electrons. The van der Waals surface area contributed by atoms with Crippen LogP contribution >= 0.6 is 12.4 Å². The van der Waals surface area contributed by atoms with Crippen molar-refractivity contribution >= 4 is 24.0 Å². The van der Waals surface area contributed by atoms with Crippen LogP contribution in [0.4, 0.5) is 5.69 Å². The topological polar surface area (TPSA) is 58.4 Å². The third kappa shape index (κ3) is 5.59. The number of piperidine rings is 1. The fourth-order valence-corrected chi connectivity index (χ4v) is 3.04. The van der Waals surface area contributed by atoms with Crippen molar-refractivity contribution in [1.82, 2.24) is 4.90 Å². The van der Waals surface area contributed by atoms with Crippen molar-refractivity contribution in [2.75, 3.05) is 25.0 Å². The molecule has 1 atom stereocenters. The third-order valence-electron chi connectivity index (χ3n) is 4.21. The number of amides is 1. The van der Waals surface area contributed by atoms with Crippen LogP contribution < -0.4 is 11.1 Å². The molecule has 0 aromatic heterocycles. The minimum absolute atomic E-state index is 0. The molecule has 124 valence electrons. The SMILES string of the molecule is CCc1cccc(NC(=O)CN2CCCCC2CCN)c1.Cl. The van der Waals surface area contributed by atoms with Crippen LogP contribution in [-0.4, -0.2) is 36.5 Å². The summed E-state index contributed by atoms with van der Waals surface area (Å²) >= 11 is 0. The Bertz CT molecular complexity index is 465. The molecule has 1 aliphatic heterocycles. The van der Waals surface area contributed by atoms with Gasteiger partial charge in [-0.25, -0.2) is 0 Å². The van der Waals surface area contributed by atoms with Crippen LogP contribution in [0.3, 0.4) is 0 Å². The number of anilines is 1. The highest BCUT2D eigenvalue weighted by molar-refractivity contribution is 5.92. The van der Waals surface area contributed by atoms with Gasteiger partial charge >= 0.3 is 0 Å². The first-order valence-corrected chi connectivity index (χ1v) is 8.06. The van der Waals surface area contributed by atoms with Crippen molar-refractivity contribution in [3.05, 3.63) is 29.8 Å². The van der Waals surface area contributed by atoms with Gasteiger partial charge in [-0.3, -0.25) is 9.69 Å². The predicted octanol–water partition coefficient (Wildman–Crippen LogP) is 2.81. The maximum atomic E-state index is 12.2. The van der Waals surface area contributed by atoms with Crippen molar-refractivity contribution in [2.45, 2.75) is 45.1 Å². The lowest BCUT2D eigenvalue weighted by molar-refractivity contribution is -0.118. The molecule has 0 saturated carbocycles. The molecule has 1 aromatic rings. The van der Waals surface area contributed by atoms with Crippen LogP contribution in [0.1, 0.15) is 38.2 Å². The molecule has 2 rings (SSSR count). The Kier molecular flexibility index (Phi) is 8.46. The molecule has 0 aliphatic carbocycles. The van der Waals surface area contributed by atoms with E-state index in [9.17, 15) is 4.79 Å². The second-order valence-corrected chi connectivity index (χ2v) is 5.80. The molecule has 0 spiro atoms. The number of benzene rings is 1. The van der Waals surface area contributed by atoms with E-state index < -0.39 is 0 Å². The standard InChI is InChI=1S/C17H27N3O.ClH/c1-2-14-6-5-7-15(12-14)19-17(21)13-20-11-4-3-8-16(20)9-10-18;/h5-7,12,16H,2-4,8-11,13,18H2,1H3,(H,19,21);1H. The monoisotopic (exact) mass is 325 g/mol. The largest absolute Gasteiger partial charge is 0.330 e. The molecule has 4 nitrogen and oxygen atoms in total. The van der Waals surface area contributed by atoms with E-state index in [1.165, 1.54) is 18.4 Å². The van der Waals surface area contributed by atoms with Crippen LogP contribution in [-0.2, 0) is 11.2 Å². The Balaban J connectivity index is 0.00000242. The third-order valence-corrected chi connectivity index (χ3v) is 4.21. The minimum Gasteiger partial charge on any atom is -0.330 e. The highest BCUT2D eigenvalue weighted by Gasteiger charge is 2.23. The highest BCUT2D eigenvalue weighted by Crippen LogP contribution is 2.19. The van der Waals surface area contributed by atoms with Gasteiger partial charge < -0.3 is 11.1 Å². The van der Waals surface area contributed by atoms with E-state index in [0.717, 1.165) is 31.5 Å². The van der Waals surface area contributed by atoms with Crippen molar-refractivity contribution in [3.8, 4) is 0 Å². The fraction of sp³-hybridized carbons (Fsp3) is 0.588. The van der Waals surface area contributed by atoms with Gasteiger partial charge in [-0.05, 0) is 56.5 Å². The number of hydrogen-bond donors (Lipinski definition) is 2. The zero-order valence-corrected chi connectivity index (χ0v) is 14.2. The summed E-state index contributed by atoms with van der Waals surface area (Å²) in [6.45, 7) is 4.29. The second kappa shape index (κ2) is 9.82. The van der Waals surface area contributed by atoms with Crippen LogP contribution in [0.5, 0.6) is 0 Å². The molecular formula is C17H28ClN3O. The number of nitrogens with one attached hydrogen (secondary N) is 1. The maximum absolute atomic E-state index is 12.2. The number of aryl methyl sites for hydroxylation is 1. The molecule has 1 heterocycles. The van der Waals surface area contributed by atoms with Gasteiger partial charge in [0.05, 0.1) is 6.54 Å². The quantitative estimate of drug-likeness (QED) is 0.845. The van der Waals surface area contributed by atoms with E-state index in [1.54, 1.807) is 0 Å². The van der Waals surface area contributed by atoms with Crippen molar-refractivity contribution in [1.29, 1.82) is 0 Å². The maximum Gasteiger partial charge on any atom is 0.238 e. The number of carbonyl (C=O) groups is 1. The first-order chi connectivity index (χ1) is 10.2. The van der Waals surface area contributed by atoms with Crippen LogP contribution in [0, 0.1) is 0 Å². The predicted molar refractivity (Wildman–Crippen MR) is 94.6 cm³/mol. The Hall–Kier alpha value is -1.10. The van der Waals surface area contributed by atoms with E-state index in [4.69, 9.17) is 5.73 Å². The van der Waals surface area contributed by atoms with Crippen molar-refractivity contribution < 1.29 is 4.79 Å². The van der Waals surface area contributed by atoms with Crippen LogP contribution in [0.25, 0.3) is 0 Å². The normalized spacial score (nSPS) is 18.5. The van der Waals surface area contributed by atoms with Gasteiger partial charge in [-0.1, -0.05) is 25.5 Å². The first kappa shape index (κ1) is 18.9. The average Bonchev–Trinajstić information content (AvgIpc) is 2.49. The van der Waals surface area contributed by atoms with Crippen molar-refractivity contribution in [3.63, 3.8) is 0 Å². The molecular weight excluding hydrogens is 298 g/mol. The molecule has 1 aromatic carbocycles. The molecule has 1 saturated heterocycles. The summed E-state index contributed by atoms with van der Waals surface area (Å²) in [4.78, 5) is 14.5. The lowest BCUT2D eigenvalue weighted by atomic mass is 9.99. The van der Waals surface area contributed by atoms with Gasteiger partial charge in [-0.15, -0.1) is 12.4 Å². The number of nitrogens with zero attached hydrogens (tertiary/aromatic N) is 1. The zero-order chi connectivity index (χ0) is 15.1. The Labute approximate surface area is 139 Å². The fourth-order valence-electron chi connectivity index (χ4n) is 3.04. The van der Waals surface area contributed by atoms with E-state index in [2.05, 4.69) is 23.2 Å². The molecule has 1 amide bonds. The molecule has 5 heteroatoms. The van der Waals surface area contributed by atoms with Gasteiger partial charge in [0.1, 0.15) is 0 Å². The molecule has 0 bridgehead atoms. The van der Waals surface area contributed by atoms with Gasteiger partial charge in [0.25, 0.3) is 0 Å². The molecule has 1 fully saturated rings. The van der Waals surface area contributed by atoms with Gasteiger partial charge in [-0.2, -0.15) is 0 Å². The number of rotatable bonds is 6. The molecule has 3 N–H and O–H groups in total. The molecule has 1 unspecified atom stereocenters. The van der Waals surface area contributed by atoms with Gasteiger partial charge in [0, 0.05) is 11.7 Å². The summed E-state index contributed by atoms with van der Waals surface area (Å²) in [6, 6.07) is 8.54. The molecule has 1 aliphatic rings. The summed E-state index contributed by atoms with van der Waals surface area (Å²) in [6.07, 6.45) is 5.56. The van der Waals surface area contributed by atoms with Crippen LogP contribution in [0.2, 0.25) is 0 Å². The molecule has 22 heavy (non-hydrogen) atoms. The van der Waals surface area contributed by atoms with E-state index >= 15 is 0 Å². The Morgan fingerprint density at radius 3 is 2.95 bits per heavy atom. The summed E-state index contributed by atoms with van der Waals surface area (Å²) in [7, 11) is 0. The number of carbonyl (C=O) groups excluding carboxylic acids is 1. The Morgan fingerprint density at radius 2 is 2.23 bits per heavy atom. The summed E-state index contributed by atoms with van der Waals surface area (Å²) < 4.78 is 0.